The molecule has 2 rings (SSSR count). The van der Waals surface area contributed by atoms with Crippen molar-refractivity contribution in [2.45, 2.75) is 20.3 Å². The highest BCUT2D eigenvalue weighted by Gasteiger charge is 2.11. The summed E-state index contributed by atoms with van der Waals surface area (Å²) in [6.07, 6.45) is 0.760. The van der Waals surface area contributed by atoms with E-state index in [-0.39, 0.29) is 0 Å². The van der Waals surface area contributed by atoms with Crippen LogP contribution in [-0.2, 0) is 6.42 Å². The van der Waals surface area contributed by atoms with Gasteiger partial charge in [-0.2, -0.15) is 4.68 Å². The summed E-state index contributed by atoms with van der Waals surface area (Å²) in [5.41, 5.74) is 8.47. The highest BCUT2D eigenvalue weighted by Crippen LogP contribution is 2.16. The van der Waals surface area contributed by atoms with Crippen LogP contribution in [0.2, 0.25) is 0 Å². The Kier molecular flexibility index (Phi) is 2.79. The van der Waals surface area contributed by atoms with Gasteiger partial charge in [0.2, 0.25) is 5.13 Å². The number of rotatable bonds is 3. The van der Waals surface area contributed by atoms with E-state index < -0.39 is 0 Å². The molecule has 2 heterocycles. The zero-order chi connectivity index (χ0) is 10.8. The van der Waals surface area contributed by atoms with Crippen molar-refractivity contribution in [2.75, 3.05) is 6.54 Å². The lowest BCUT2D eigenvalue weighted by atomic mass is 10.2. The van der Waals surface area contributed by atoms with E-state index in [2.05, 4.69) is 15.3 Å². The van der Waals surface area contributed by atoms with Crippen molar-refractivity contribution in [3.05, 3.63) is 22.5 Å². The van der Waals surface area contributed by atoms with Crippen molar-refractivity contribution in [3.8, 4) is 5.13 Å². The van der Waals surface area contributed by atoms with Crippen molar-refractivity contribution in [3.63, 3.8) is 0 Å². The number of thiazole rings is 1. The van der Waals surface area contributed by atoms with Gasteiger partial charge in [0.15, 0.2) is 0 Å². The molecule has 2 aromatic heterocycles. The van der Waals surface area contributed by atoms with Gasteiger partial charge in [0.05, 0.1) is 17.1 Å². The van der Waals surface area contributed by atoms with Crippen molar-refractivity contribution < 1.29 is 0 Å². The molecule has 0 aromatic carbocycles. The lowest BCUT2D eigenvalue weighted by molar-refractivity contribution is 0.774. The molecule has 2 aromatic rings. The molecule has 0 aliphatic heterocycles. The maximum absolute atomic E-state index is 5.49. The van der Waals surface area contributed by atoms with E-state index in [0.717, 1.165) is 28.6 Å². The maximum atomic E-state index is 5.49. The fourth-order valence-electron chi connectivity index (χ4n) is 1.35. The molecular formula is C9H13N5S. The Bertz CT molecular complexity index is 459. The van der Waals surface area contributed by atoms with Gasteiger partial charge in [-0.1, -0.05) is 5.21 Å². The van der Waals surface area contributed by atoms with Gasteiger partial charge in [-0.3, -0.25) is 0 Å². The zero-order valence-corrected chi connectivity index (χ0v) is 9.58. The molecule has 0 fully saturated rings. The minimum atomic E-state index is 0.594. The van der Waals surface area contributed by atoms with E-state index in [1.165, 1.54) is 0 Å². The Morgan fingerprint density at radius 3 is 2.87 bits per heavy atom. The van der Waals surface area contributed by atoms with Gasteiger partial charge in [-0.25, -0.2) is 4.98 Å². The largest absolute Gasteiger partial charge is 0.330 e. The fourth-order valence-corrected chi connectivity index (χ4v) is 2.15. The molecule has 5 nitrogen and oxygen atoms in total. The Balaban J connectivity index is 2.37. The first-order valence-corrected chi connectivity index (χ1v) is 5.64. The molecule has 2 N–H and O–H groups in total. The predicted molar refractivity (Wildman–Crippen MR) is 59.3 cm³/mol. The minimum absolute atomic E-state index is 0.594. The molecule has 0 saturated carbocycles. The molecule has 80 valence electrons. The second-order valence-corrected chi connectivity index (χ2v) is 4.18. The Labute approximate surface area is 91.9 Å². The summed E-state index contributed by atoms with van der Waals surface area (Å²) in [4.78, 5) is 4.36. The quantitative estimate of drug-likeness (QED) is 0.837. The molecule has 0 radical (unpaired) electrons. The topological polar surface area (TPSA) is 69.6 Å². The lowest BCUT2D eigenvalue weighted by Crippen LogP contribution is -2.05. The Morgan fingerprint density at radius 1 is 1.47 bits per heavy atom. The first-order valence-electron chi connectivity index (χ1n) is 4.76. The fraction of sp³-hybridized carbons (Fsp3) is 0.444. The minimum Gasteiger partial charge on any atom is -0.330 e. The number of aromatic nitrogens is 4. The smallest absolute Gasteiger partial charge is 0.212 e. The molecule has 0 bridgehead atoms. The third-order valence-electron chi connectivity index (χ3n) is 2.16. The summed E-state index contributed by atoms with van der Waals surface area (Å²) < 4.78 is 1.77. The van der Waals surface area contributed by atoms with E-state index in [0.29, 0.717) is 6.54 Å². The SMILES string of the molecule is Cc1csc(-n2nnc(CCN)c2C)n1. The summed E-state index contributed by atoms with van der Waals surface area (Å²) in [5.74, 6) is 0. The van der Waals surface area contributed by atoms with Gasteiger partial charge in [0, 0.05) is 11.8 Å². The van der Waals surface area contributed by atoms with Crippen molar-refractivity contribution in [1.29, 1.82) is 0 Å². The molecular weight excluding hydrogens is 210 g/mol. The van der Waals surface area contributed by atoms with Crippen LogP contribution >= 0.6 is 11.3 Å². The lowest BCUT2D eigenvalue weighted by Gasteiger charge is -1.97. The second kappa shape index (κ2) is 4.08. The van der Waals surface area contributed by atoms with Gasteiger partial charge < -0.3 is 5.73 Å². The van der Waals surface area contributed by atoms with Crippen LogP contribution in [0.25, 0.3) is 5.13 Å². The highest BCUT2D eigenvalue weighted by molar-refractivity contribution is 7.12. The third kappa shape index (κ3) is 1.91. The van der Waals surface area contributed by atoms with Crippen LogP contribution in [0.3, 0.4) is 0 Å². The van der Waals surface area contributed by atoms with Crippen LogP contribution in [0, 0.1) is 13.8 Å². The molecule has 0 spiro atoms. The van der Waals surface area contributed by atoms with Crippen molar-refractivity contribution >= 4 is 11.3 Å². The molecule has 6 heteroatoms. The number of nitrogens with zero attached hydrogens (tertiary/aromatic N) is 4. The average molecular weight is 223 g/mol. The molecule has 0 saturated heterocycles. The van der Waals surface area contributed by atoms with Crippen LogP contribution in [0.15, 0.2) is 5.38 Å². The number of hydrogen-bond acceptors (Lipinski definition) is 5. The van der Waals surface area contributed by atoms with E-state index in [1.54, 1.807) is 16.0 Å². The summed E-state index contributed by atoms with van der Waals surface area (Å²) >= 11 is 1.57. The van der Waals surface area contributed by atoms with Crippen LogP contribution < -0.4 is 5.73 Å². The van der Waals surface area contributed by atoms with Crippen LogP contribution in [0.1, 0.15) is 17.1 Å². The van der Waals surface area contributed by atoms with Gasteiger partial charge >= 0.3 is 0 Å². The average Bonchev–Trinajstić information content (AvgIpc) is 2.76. The molecule has 0 amide bonds. The number of nitrogens with two attached hydrogens (primary N) is 1. The normalized spacial score (nSPS) is 10.9. The number of aryl methyl sites for hydroxylation is 1. The first kappa shape index (κ1) is 10.3. The summed E-state index contributed by atoms with van der Waals surface area (Å²) in [5, 5.41) is 11.0. The molecule has 0 atom stereocenters. The van der Waals surface area contributed by atoms with Crippen molar-refractivity contribution in [2.24, 2.45) is 5.73 Å². The standard InChI is InChI=1S/C9H13N5S/c1-6-5-15-9(11-6)14-7(2)8(3-4-10)12-13-14/h5H,3-4,10H2,1-2H3. The van der Waals surface area contributed by atoms with Crippen molar-refractivity contribution in [1.82, 2.24) is 20.0 Å². The Hall–Kier alpha value is -1.27. The molecule has 0 unspecified atom stereocenters. The maximum Gasteiger partial charge on any atom is 0.212 e. The van der Waals surface area contributed by atoms with E-state index >= 15 is 0 Å². The van der Waals surface area contributed by atoms with Gasteiger partial charge in [-0.15, -0.1) is 16.4 Å². The molecule has 0 aliphatic rings. The Morgan fingerprint density at radius 2 is 2.27 bits per heavy atom. The summed E-state index contributed by atoms with van der Waals surface area (Å²) in [7, 11) is 0. The van der Waals surface area contributed by atoms with E-state index in [1.807, 2.05) is 19.2 Å². The van der Waals surface area contributed by atoms with Gasteiger partial charge in [-0.05, 0) is 20.4 Å². The predicted octanol–water partition coefficient (Wildman–Crippen LogP) is 0.842. The zero-order valence-electron chi connectivity index (χ0n) is 8.77. The second-order valence-electron chi connectivity index (χ2n) is 3.34. The summed E-state index contributed by atoms with van der Waals surface area (Å²) in [6.45, 7) is 4.55. The summed E-state index contributed by atoms with van der Waals surface area (Å²) in [6, 6.07) is 0. The van der Waals surface area contributed by atoms with Crippen LogP contribution in [0.4, 0.5) is 0 Å². The molecule has 0 aliphatic carbocycles. The van der Waals surface area contributed by atoms with Gasteiger partial charge in [0.25, 0.3) is 0 Å². The van der Waals surface area contributed by atoms with Crippen LogP contribution in [0.5, 0.6) is 0 Å². The highest BCUT2D eigenvalue weighted by atomic mass is 32.1. The monoisotopic (exact) mass is 223 g/mol. The van der Waals surface area contributed by atoms with Gasteiger partial charge in [0.1, 0.15) is 0 Å². The molecule has 15 heavy (non-hydrogen) atoms. The third-order valence-corrected chi connectivity index (χ3v) is 3.09. The van der Waals surface area contributed by atoms with Crippen LogP contribution in [-0.4, -0.2) is 26.5 Å². The number of hydrogen-bond donors (Lipinski definition) is 1. The first-order chi connectivity index (χ1) is 7.22. The van der Waals surface area contributed by atoms with E-state index in [9.17, 15) is 0 Å². The van der Waals surface area contributed by atoms with E-state index in [4.69, 9.17) is 5.73 Å².